The summed E-state index contributed by atoms with van der Waals surface area (Å²) in [6.45, 7) is 5.96. The van der Waals surface area contributed by atoms with Gasteiger partial charge in [0.15, 0.2) is 0 Å². The zero-order valence-electron chi connectivity index (χ0n) is 11.9. The lowest BCUT2D eigenvalue weighted by Gasteiger charge is -2.37. The highest BCUT2D eigenvalue weighted by Crippen LogP contribution is 2.24. The van der Waals surface area contributed by atoms with Gasteiger partial charge in [-0.15, -0.1) is 0 Å². The van der Waals surface area contributed by atoms with E-state index in [-0.39, 0.29) is 5.82 Å². The molecule has 0 saturated carbocycles. The summed E-state index contributed by atoms with van der Waals surface area (Å²) in [7, 11) is 2.06. The third-order valence-electron chi connectivity index (χ3n) is 4.14. The number of nitrogens with two attached hydrogens (primary N) is 1. The molecule has 0 unspecified atom stereocenters. The summed E-state index contributed by atoms with van der Waals surface area (Å²) in [4.78, 5) is 4.66. The van der Waals surface area contributed by atoms with Crippen LogP contribution in [0.25, 0.3) is 0 Å². The van der Waals surface area contributed by atoms with Crippen molar-refractivity contribution in [1.82, 2.24) is 4.90 Å². The SMILES string of the molecule is CCN1CCC(N(C)c2cc(F)cc(CN)c2)CC1. The monoisotopic (exact) mass is 265 g/mol. The van der Waals surface area contributed by atoms with Crippen molar-refractivity contribution < 1.29 is 4.39 Å². The topological polar surface area (TPSA) is 32.5 Å². The molecule has 0 spiro atoms. The summed E-state index contributed by atoms with van der Waals surface area (Å²) in [5.74, 6) is -0.198. The van der Waals surface area contributed by atoms with Crippen LogP contribution in [-0.4, -0.2) is 37.6 Å². The number of piperidine rings is 1. The maximum absolute atomic E-state index is 13.6. The van der Waals surface area contributed by atoms with Gasteiger partial charge in [0.05, 0.1) is 0 Å². The molecule has 1 fully saturated rings. The van der Waals surface area contributed by atoms with E-state index in [0.29, 0.717) is 12.6 Å². The molecular formula is C15H24FN3. The van der Waals surface area contributed by atoms with Crippen LogP contribution in [0, 0.1) is 5.82 Å². The number of anilines is 1. The van der Waals surface area contributed by atoms with Crippen LogP contribution in [0.3, 0.4) is 0 Å². The molecule has 1 aromatic rings. The first-order valence-corrected chi connectivity index (χ1v) is 7.08. The normalized spacial score (nSPS) is 17.7. The second kappa shape index (κ2) is 6.35. The summed E-state index contributed by atoms with van der Waals surface area (Å²) in [5, 5.41) is 0. The standard InChI is InChI=1S/C15H24FN3/c1-3-19-6-4-14(5-7-19)18(2)15-9-12(11-17)8-13(16)10-15/h8-10,14H,3-7,11,17H2,1-2H3. The van der Waals surface area contributed by atoms with Crippen molar-refractivity contribution in [3.8, 4) is 0 Å². The van der Waals surface area contributed by atoms with Crippen LogP contribution in [0.2, 0.25) is 0 Å². The first-order valence-electron chi connectivity index (χ1n) is 7.08. The van der Waals surface area contributed by atoms with Gasteiger partial charge in [-0.3, -0.25) is 0 Å². The molecule has 0 atom stereocenters. The molecule has 3 nitrogen and oxygen atoms in total. The van der Waals surface area contributed by atoms with Crippen LogP contribution in [-0.2, 0) is 6.54 Å². The van der Waals surface area contributed by atoms with E-state index in [1.165, 1.54) is 6.07 Å². The molecule has 1 aliphatic heterocycles. The number of hydrogen-bond donors (Lipinski definition) is 1. The average Bonchev–Trinajstić information content (AvgIpc) is 2.46. The molecular weight excluding hydrogens is 241 g/mol. The summed E-state index contributed by atoms with van der Waals surface area (Å²) in [6.07, 6.45) is 2.28. The Bertz CT molecular complexity index is 414. The second-order valence-electron chi connectivity index (χ2n) is 5.30. The maximum atomic E-state index is 13.6. The zero-order chi connectivity index (χ0) is 13.8. The Kier molecular flexibility index (Phi) is 4.77. The smallest absolute Gasteiger partial charge is 0.125 e. The fourth-order valence-corrected chi connectivity index (χ4v) is 2.79. The van der Waals surface area contributed by atoms with Crippen molar-refractivity contribution in [3.05, 3.63) is 29.6 Å². The Hall–Kier alpha value is -1.13. The van der Waals surface area contributed by atoms with E-state index in [1.54, 1.807) is 6.07 Å². The van der Waals surface area contributed by atoms with E-state index in [4.69, 9.17) is 5.73 Å². The first-order chi connectivity index (χ1) is 9.13. The number of hydrogen-bond acceptors (Lipinski definition) is 3. The number of likely N-dealkylation sites (tertiary alicyclic amines) is 1. The summed E-state index contributed by atoms with van der Waals surface area (Å²) >= 11 is 0. The lowest BCUT2D eigenvalue weighted by molar-refractivity contribution is 0.221. The van der Waals surface area contributed by atoms with Gasteiger partial charge in [0.25, 0.3) is 0 Å². The van der Waals surface area contributed by atoms with Crippen molar-refractivity contribution in [2.45, 2.75) is 32.4 Å². The molecule has 2 rings (SSSR count). The molecule has 1 saturated heterocycles. The van der Waals surface area contributed by atoms with Crippen LogP contribution < -0.4 is 10.6 Å². The molecule has 0 radical (unpaired) electrons. The van der Waals surface area contributed by atoms with Crippen LogP contribution in [0.15, 0.2) is 18.2 Å². The Morgan fingerprint density at radius 1 is 1.32 bits per heavy atom. The summed E-state index contributed by atoms with van der Waals surface area (Å²) in [5.41, 5.74) is 7.41. The van der Waals surface area contributed by atoms with Gasteiger partial charge in [-0.25, -0.2) is 4.39 Å². The van der Waals surface area contributed by atoms with Crippen molar-refractivity contribution in [3.63, 3.8) is 0 Å². The Morgan fingerprint density at radius 2 is 2.00 bits per heavy atom. The predicted molar refractivity (Wildman–Crippen MR) is 77.8 cm³/mol. The number of benzene rings is 1. The fourth-order valence-electron chi connectivity index (χ4n) is 2.79. The molecule has 0 amide bonds. The number of rotatable bonds is 4. The Labute approximate surface area is 115 Å². The quantitative estimate of drug-likeness (QED) is 0.906. The highest BCUT2D eigenvalue weighted by molar-refractivity contribution is 5.49. The molecule has 106 valence electrons. The average molecular weight is 265 g/mol. The van der Waals surface area contributed by atoms with Crippen molar-refractivity contribution in [2.24, 2.45) is 5.73 Å². The molecule has 4 heteroatoms. The molecule has 0 bridgehead atoms. The second-order valence-corrected chi connectivity index (χ2v) is 5.30. The van der Waals surface area contributed by atoms with E-state index in [0.717, 1.165) is 43.7 Å². The highest BCUT2D eigenvalue weighted by atomic mass is 19.1. The van der Waals surface area contributed by atoms with Gasteiger partial charge < -0.3 is 15.5 Å². The molecule has 0 aliphatic carbocycles. The molecule has 1 aliphatic rings. The van der Waals surface area contributed by atoms with Gasteiger partial charge in [-0.1, -0.05) is 6.92 Å². The van der Waals surface area contributed by atoms with Crippen molar-refractivity contribution >= 4 is 5.69 Å². The van der Waals surface area contributed by atoms with Gasteiger partial charge in [0.1, 0.15) is 5.82 Å². The lowest BCUT2D eigenvalue weighted by Crippen LogP contribution is -2.43. The maximum Gasteiger partial charge on any atom is 0.125 e. The van der Waals surface area contributed by atoms with E-state index in [1.807, 2.05) is 6.07 Å². The van der Waals surface area contributed by atoms with Crippen molar-refractivity contribution in [1.29, 1.82) is 0 Å². The van der Waals surface area contributed by atoms with E-state index >= 15 is 0 Å². The van der Waals surface area contributed by atoms with Crippen molar-refractivity contribution in [2.75, 3.05) is 31.6 Å². The molecule has 2 N–H and O–H groups in total. The molecule has 1 heterocycles. The van der Waals surface area contributed by atoms with E-state index in [2.05, 4.69) is 23.8 Å². The van der Waals surface area contributed by atoms with Gasteiger partial charge >= 0.3 is 0 Å². The van der Waals surface area contributed by atoms with E-state index in [9.17, 15) is 4.39 Å². The van der Waals surface area contributed by atoms with Gasteiger partial charge in [0, 0.05) is 38.4 Å². The largest absolute Gasteiger partial charge is 0.371 e. The van der Waals surface area contributed by atoms with Crippen LogP contribution in [0.5, 0.6) is 0 Å². The Balaban J connectivity index is 2.07. The fraction of sp³-hybridized carbons (Fsp3) is 0.600. The highest BCUT2D eigenvalue weighted by Gasteiger charge is 2.22. The van der Waals surface area contributed by atoms with Crippen LogP contribution >= 0.6 is 0 Å². The summed E-state index contributed by atoms with van der Waals surface area (Å²) < 4.78 is 13.6. The predicted octanol–water partition coefficient (Wildman–Crippen LogP) is 2.20. The molecule has 0 aromatic heterocycles. The van der Waals surface area contributed by atoms with E-state index < -0.39 is 0 Å². The lowest BCUT2D eigenvalue weighted by atomic mass is 10.0. The van der Waals surface area contributed by atoms with Gasteiger partial charge in [-0.2, -0.15) is 0 Å². The van der Waals surface area contributed by atoms with Crippen LogP contribution in [0.1, 0.15) is 25.3 Å². The first kappa shape index (κ1) is 14.3. The minimum Gasteiger partial charge on any atom is -0.371 e. The Morgan fingerprint density at radius 3 is 2.58 bits per heavy atom. The third-order valence-corrected chi connectivity index (χ3v) is 4.14. The zero-order valence-corrected chi connectivity index (χ0v) is 11.9. The van der Waals surface area contributed by atoms with Gasteiger partial charge in [-0.05, 0) is 43.1 Å². The number of nitrogens with zero attached hydrogens (tertiary/aromatic N) is 2. The molecule has 1 aromatic carbocycles. The minimum atomic E-state index is -0.198. The minimum absolute atomic E-state index is 0.198. The van der Waals surface area contributed by atoms with Gasteiger partial charge in [0.2, 0.25) is 0 Å². The number of halogens is 1. The van der Waals surface area contributed by atoms with Crippen LogP contribution in [0.4, 0.5) is 10.1 Å². The third kappa shape index (κ3) is 3.45. The summed E-state index contributed by atoms with van der Waals surface area (Å²) in [6, 6.07) is 5.60. The molecule has 19 heavy (non-hydrogen) atoms.